The number of benzene rings is 1. The zero-order valence-electron chi connectivity index (χ0n) is 12.0. The van der Waals surface area contributed by atoms with Crippen molar-refractivity contribution >= 4 is 9.84 Å². The topological polar surface area (TPSA) is 34.1 Å². The molecule has 4 bridgehead atoms. The minimum absolute atomic E-state index is 0.150. The standard InChI is InChI=1S/C18H20O2S/c19-21(20,14-4-2-1-3-5-14)16-10-13-9-15(16)18-12-7-6-11(8-12)17(13)18/h1-5,11-13,15-16H,6-10H2. The van der Waals surface area contributed by atoms with Crippen LogP contribution in [0.1, 0.15) is 32.1 Å². The summed E-state index contributed by atoms with van der Waals surface area (Å²) in [6.07, 6.45) is 6.00. The Kier molecular flexibility index (Phi) is 2.38. The molecule has 21 heavy (non-hydrogen) atoms. The molecule has 2 saturated carbocycles. The van der Waals surface area contributed by atoms with Gasteiger partial charge in [0.25, 0.3) is 0 Å². The Morgan fingerprint density at radius 3 is 2.29 bits per heavy atom. The molecule has 0 saturated heterocycles. The Bertz CT molecular complexity index is 732. The molecule has 0 heterocycles. The average Bonchev–Trinajstić information content (AvgIpc) is 3.26. The molecule has 2 fully saturated rings. The maximum absolute atomic E-state index is 13.0. The van der Waals surface area contributed by atoms with Crippen LogP contribution in [0.5, 0.6) is 0 Å². The Balaban J connectivity index is 1.56. The number of fused-ring (bicyclic) bond motifs is 8. The summed E-state index contributed by atoms with van der Waals surface area (Å²) < 4.78 is 26.0. The van der Waals surface area contributed by atoms with Crippen LogP contribution in [0.4, 0.5) is 0 Å². The second-order valence-corrected chi connectivity index (χ2v) is 9.46. The van der Waals surface area contributed by atoms with Gasteiger partial charge < -0.3 is 0 Å². The predicted octanol–water partition coefficient (Wildman–Crippen LogP) is 3.60. The van der Waals surface area contributed by atoms with E-state index in [0.717, 1.165) is 24.7 Å². The van der Waals surface area contributed by atoms with E-state index >= 15 is 0 Å². The summed E-state index contributed by atoms with van der Waals surface area (Å²) >= 11 is 0. The van der Waals surface area contributed by atoms with Crippen molar-refractivity contribution in [3.05, 3.63) is 41.5 Å². The van der Waals surface area contributed by atoms with Crippen molar-refractivity contribution in [1.29, 1.82) is 0 Å². The monoisotopic (exact) mass is 300 g/mol. The fraction of sp³-hybridized carbons (Fsp3) is 0.556. The van der Waals surface area contributed by atoms with Crippen molar-refractivity contribution in [2.75, 3.05) is 0 Å². The highest BCUT2D eigenvalue weighted by Crippen LogP contribution is 2.64. The first-order chi connectivity index (χ1) is 10.2. The van der Waals surface area contributed by atoms with Crippen LogP contribution in [-0.4, -0.2) is 13.7 Å². The molecule has 0 aliphatic heterocycles. The number of rotatable bonds is 2. The zero-order valence-corrected chi connectivity index (χ0v) is 12.9. The maximum Gasteiger partial charge on any atom is 0.181 e. The van der Waals surface area contributed by atoms with Gasteiger partial charge >= 0.3 is 0 Å². The average molecular weight is 300 g/mol. The fourth-order valence-corrected chi connectivity index (χ4v) is 7.87. The predicted molar refractivity (Wildman–Crippen MR) is 81.5 cm³/mol. The molecule has 2 nitrogen and oxygen atoms in total. The highest BCUT2D eigenvalue weighted by molar-refractivity contribution is 7.92. The normalized spacial score (nSPS) is 40.1. The van der Waals surface area contributed by atoms with Crippen molar-refractivity contribution in [2.24, 2.45) is 23.7 Å². The van der Waals surface area contributed by atoms with Crippen molar-refractivity contribution < 1.29 is 8.42 Å². The third-order valence-electron chi connectivity index (χ3n) is 6.46. The largest absolute Gasteiger partial charge is 0.223 e. The van der Waals surface area contributed by atoms with E-state index in [1.165, 1.54) is 19.3 Å². The summed E-state index contributed by atoms with van der Waals surface area (Å²) in [6, 6.07) is 9.08. The first-order valence-electron chi connectivity index (χ1n) is 8.19. The van der Waals surface area contributed by atoms with E-state index in [-0.39, 0.29) is 5.25 Å². The molecule has 1 aromatic carbocycles. The molecule has 110 valence electrons. The van der Waals surface area contributed by atoms with Gasteiger partial charge in [-0.25, -0.2) is 8.42 Å². The molecule has 1 aromatic rings. The van der Waals surface area contributed by atoms with E-state index in [2.05, 4.69) is 0 Å². The smallest absolute Gasteiger partial charge is 0.181 e. The second kappa shape index (κ2) is 4.01. The lowest BCUT2D eigenvalue weighted by Crippen LogP contribution is -2.30. The lowest BCUT2D eigenvalue weighted by atomic mass is 9.82. The van der Waals surface area contributed by atoms with Gasteiger partial charge in [-0.15, -0.1) is 0 Å². The van der Waals surface area contributed by atoms with Gasteiger partial charge in [0.1, 0.15) is 0 Å². The highest BCUT2D eigenvalue weighted by atomic mass is 32.2. The van der Waals surface area contributed by atoms with Gasteiger partial charge in [0.15, 0.2) is 9.84 Å². The summed E-state index contributed by atoms with van der Waals surface area (Å²) in [4.78, 5) is 0.521. The van der Waals surface area contributed by atoms with Gasteiger partial charge in [0.2, 0.25) is 0 Å². The molecule has 5 unspecified atom stereocenters. The van der Waals surface area contributed by atoms with Crippen LogP contribution in [0.2, 0.25) is 0 Å². The van der Waals surface area contributed by atoms with E-state index in [4.69, 9.17) is 0 Å². The van der Waals surface area contributed by atoms with E-state index < -0.39 is 9.84 Å². The summed E-state index contributed by atoms with van der Waals surface area (Å²) in [7, 11) is -3.16. The first-order valence-corrected chi connectivity index (χ1v) is 9.73. The molecule has 5 rings (SSSR count). The van der Waals surface area contributed by atoms with Crippen molar-refractivity contribution in [1.82, 2.24) is 0 Å². The Labute approximate surface area is 126 Å². The molecule has 0 spiro atoms. The van der Waals surface area contributed by atoms with Crippen LogP contribution in [0.25, 0.3) is 0 Å². The number of sulfone groups is 1. The summed E-state index contributed by atoms with van der Waals surface area (Å²) in [5.74, 6) is 2.48. The Morgan fingerprint density at radius 1 is 0.810 bits per heavy atom. The lowest BCUT2D eigenvalue weighted by molar-refractivity contribution is 0.507. The van der Waals surface area contributed by atoms with Gasteiger partial charge in [-0.1, -0.05) is 29.3 Å². The summed E-state index contributed by atoms with van der Waals surface area (Å²) in [6.45, 7) is 0. The molecule has 0 N–H and O–H groups in total. The molecule has 4 aliphatic rings. The van der Waals surface area contributed by atoms with Gasteiger partial charge in [-0.05, 0) is 67.9 Å². The fourth-order valence-electron chi connectivity index (χ4n) is 5.81. The van der Waals surface area contributed by atoms with Crippen LogP contribution in [0.15, 0.2) is 46.4 Å². The molecular weight excluding hydrogens is 280 g/mol. The van der Waals surface area contributed by atoms with Crippen molar-refractivity contribution in [3.63, 3.8) is 0 Å². The molecule has 4 aliphatic carbocycles. The van der Waals surface area contributed by atoms with Crippen LogP contribution in [0, 0.1) is 23.7 Å². The minimum Gasteiger partial charge on any atom is -0.223 e. The van der Waals surface area contributed by atoms with Crippen LogP contribution in [-0.2, 0) is 9.84 Å². The summed E-state index contributed by atoms with van der Waals surface area (Å²) in [5.41, 5.74) is 3.32. The van der Waals surface area contributed by atoms with E-state index in [1.807, 2.05) is 18.2 Å². The van der Waals surface area contributed by atoms with Crippen LogP contribution >= 0.6 is 0 Å². The van der Waals surface area contributed by atoms with Crippen LogP contribution < -0.4 is 0 Å². The van der Waals surface area contributed by atoms with E-state index in [1.54, 1.807) is 23.3 Å². The SMILES string of the molecule is O=S(=O)(c1ccccc1)C1CC2CC1C1=C2C2CCC1C2. The van der Waals surface area contributed by atoms with E-state index in [9.17, 15) is 8.42 Å². The van der Waals surface area contributed by atoms with Crippen molar-refractivity contribution in [3.8, 4) is 0 Å². The highest BCUT2D eigenvalue weighted by Gasteiger charge is 2.57. The lowest BCUT2D eigenvalue weighted by Gasteiger charge is -2.29. The first kappa shape index (κ1) is 12.5. The maximum atomic E-state index is 13.0. The molecular formula is C18H20O2S. The number of hydrogen-bond acceptors (Lipinski definition) is 2. The quantitative estimate of drug-likeness (QED) is 0.618. The van der Waals surface area contributed by atoms with Gasteiger partial charge in [-0.3, -0.25) is 0 Å². The number of hydrogen-bond donors (Lipinski definition) is 0. The third-order valence-corrected chi connectivity index (χ3v) is 8.71. The molecule has 0 amide bonds. The van der Waals surface area contributed by atoms with Crippen molar-refractivity contribution in [2.45, 2.75) is 42.2 Å². The van der Waals surface area contributed by atoms with Gasteiger partial charge in [0.05, 0.1) is 10.1 Å². The van der Waals surface area contributed by atoms with Gasteiger partial charge in [0, 0.05) is 0 Å². The minimum atomic E-state index is -3.16. The van der Waals surface area contributed by atoms with E-state index in [0.29, 0.717) is 16.7 Å². The number of allylic oxidation sites excluding steroid dienone is 2. The zero-order chi connectivity index (χ0) is 14.2. The summed E-state index contributed by atoms with van der Waals surface area (Å²) in [5, 5.41) is -0.150. The van der Waals surface area contributed by atoms with Gasteiger partial charge in [-0.2, -0.15) is 0 Å². The molecule has 0 aromatic heterocycles. The molecule has 3 heteroatoms. The Morgan fingerprint density at radius 2 is 1.52 bits per heavy atom. The Hall–Kier alpha value is -1.09. The molecule has 0 radical (unpaired) electrons. The van der Waals surface area contributed by atoms with Crippen LogP contribution in [0.3, 0.4) is 0 Å². The third kappa shape index (κ3) is 1.51. The second-order valence-electron chi connectivity index (χ2n) is 7.29. The molecule has 5 atom stereocenters.